The molecule has 1 aromatic carbocycles. The third-order valence-electron chi connectivity index (χ3n) is 2.10. The highest BCUT2D eigenvalue weighted by molar-refractivity contribution is 5.20. The summed E-state index contributed by atoms with van der Waals surface area (Å²) in [4.78, 5) is 0. The normalized spacial score (nSPS) is 11.5. The predicted octanol–water partition coefficient (Wildman–Crippen LogP) is 3.00. The van der Waals surface area contributed by atoms with E-state index in [0.717, 1.165) is 5.75 Å². The van der Waals surface area contributed by atoms with Crippen LogP contribution in [0.5, 0.6) is 5.75 Å². The second-order valence-electron chi connectivity index (χ2n) is 3.63. The van der Waals surface area contributed by atoms with Gasteiger partial charge in [-0.3, -0.25) is 0 Å². The molecule has 1 aromatic rings. The van der Waals surface area contributed by atoms with Gasteiger partial charge < -0.3 is 10.1 Å². The molecule has 2 nitrogen and oxygen atoms in total. The zero-order valence-corrected chi connectivity index (χ0v) is 9.46. The standard InChI is InChI=1S/C12H16F3NO/c13-12(14,15)7-4-8-16-9-10-17-11-5-2-1-3-6-11/h1-3,5-6,16H,4,7-10H2. The van der Waals surface area contributed by atoms with E-state index in [0.29, 0.717) is 19.7 Å². The Morgan fingerprint density at radius 3 is 2.41 bits per heavy atom. The van der Waals surface area contributed by atoms with Crippen molar-refractivity contribution in [3.8, 4) is 5.75 Å². The van der Waals surface area contributed by atoms with E-state index < -0.39 is 12.6 Å². The van der Waals surface area contributed by atoms with Gasteiger partial charge in [0.2, 0.25) is 0 Å². The van der Waals surface area contributed by atoms with E-state index in [4.69, 9.17) is 4.74 Å². The van der Waals surface area contributed by atoms with Crippen molar-refractivity contribution in [2.75, 3.05) is 19.7 Å². The molecule has 0 heterocycles. The van der Waals surface area contributed by atoms with Gasteiger partial charge in [0, 0.05) is 13.0 Å². The molecule has 0 aliphatic carbocycles. The van der Waals surface area contributed by atoms with Crippen LogP contribution in [0.25, 0.3) is 0 Å². The minimum Gasteiger partial charge on any atom is -0.492 e. The Morgan fingerprint density at radius 1 is 1.06 bits per heavy atom. The molecule has 1 rings (SSSR count). The molecule has 5 heteroatoms. The van der Waals surface area contributed by atoms with Gasteiger partial charge in [0.15, 0.2) is 0 Å². The Hall–Kier alpha value is -1.23. The summed E-state index contributed by atoms with van der Waals surface area (Å²) in [7, 11) is 0. The molecule has 0 saturated carbocycles. The monoisotopic (exact) mass is 247 g/mol. The summed E-state index contributed by atoms with van der Waals surface area (Å²) >= 11 is 0. The van der Waals surface area contributed by atoms with Crippen molar-refractivity contribution < 1.29 is 17.9 Å². The Labute approximate surface area is 98.8 Å². The van der Waals surface area contributed by atoms with Crippen molar-refractivity contribution in [1.29, 1.82) is 0 Å². The average molecular weight is 247 g/mol. The van der Waals surface area contributed by atoms with Crippen LogP contribution < -0.4 is 10.1 Å². The van der Waals surface area contributed by atoms with Gasteiger partial charge in [-0.25, -0.2) is 0 Å². The van der Waals surface area contributed by atoms with E-state index in [2.05, 4.69) is 5.32 Å². The SMILES string of the molecule is FC(F)(F)CCCNCCOc1ccccc1. The number of ether oxygens (including phenoxy) is 1. The molecule has 0 amide bonds. The Bertz CT molecular complexity index is 300. The van der Waals surface area contributed by atoms with Crippen LogP contribution in [0, 0.1) is 0 Å². The number of para-hydroxylation sites is 1. The Kier molecular flexibility index (Phi) is 5.83. The second-order valence-corrected chi connectivity index (χ2v) is 3.63. The topological polar surface area (TPSA) is 21.3 Å². The highest BCUT2D eigenvalue weighted by atomic mass is 19.4. The third kappa shape index (κ3) is 7.63. The molecule has 0 spiro atoms. The van der Waals surface area contributed by atoms with Gasteiger partial charge in [-0.1, -0.05) is 18.2 Å². The zero-order valence-electron chi connectivity index (χ0n) is 9.46. The lowest BCUT2D eigenvalue weighted by molar-refractivity contribution is -0.135. The summed E-state index contributed by atoms with van der Waals surface area (Å²) in [5.74, 6) is 0.768. The van der Waals surface area contributed by atoms with E-state index in [-0.39, 0.29) is 6.42 Å². The first-order valence-corrected chi connectivity index (χ1v) is 5.53. The van der Waals surface area contributed by atoms with Gasteiger partial charge in [0.1, 0.15) is 12.4 Å². The fraction of sp³-hybridized carbons (Fsp3) is 0.500. The van der Waals surface area contributed by atoms with Crippen LogP contribution >= 0.6 is 0 Å². The number of alkyl halides is 3. The van der Waals surface area contributed by atoms with Crippen LogP contribution in [-0.4, -0.2) is 25.9 Å². The minimum absolute atomic E-state index is 0.106. The summed E-state index contributed by atoms with van der Waals surface area (Å²) in [6, 6.07) is 9.30. The summed E-state index contributed by atoms with van der Waals surface area (Å²) < 4.78 is 40.8. The molecule has 96 valence electrons. The van der Waals surface area contributed by atoms with Crippen molar-refractivity contribution in [2.24, 2.45) is 0 Å². The maximum atomic E-state index is 11.8. The number of hydrogen-bond donors (Lipinski definition) is 1. The Balaban J connectivity index is 1.95. The lowest BCUT2D eigenvalue weighted by Crippen LogP contribution is -2.23. The number of nitrogens with one attached hydrogen (secondary N) is 1. The lowest BCUT2D eigenvalue weighted by atomic mass is 10.3. The average Bonchev–Trinajstić information content (AvgIpc) is 2.28. The van der Waals surface area contributed by atoms with Gasteiger partial charge >= 0.3 is 6.18 Å². The van der Waals surface area contributed by atoms with Gasteiger partial charge in [0.25, 0.3) is 0 Å². The highest BCUT2D eigenvalue weighted by Crippen LogP contribution is 2.20. The van der Waals surface area contributed by atoms with Crippen molar-refractivity contribution in [3.63, 3.8) is 0 Å². The van der Waals surface area contributed by atoms with Crippen LogP contribution in [0.3, 0.4) is 0 Å². The molecular weight excluding hydrogens is 231 g/mol. The zero-order chi connectivity index (χ0) is 12.6. The van der Waals surface area contributed by atoms with E-state index in [1.54, 1.807) is 0 Å². The molecule has 0 aliphatic heterocycles. The first kappa shape index (κ1) is 13.8. The van der Waals surface area contributed by atoms with Crippen LogP contribution in [0.15, 0.2) is 30.3 Å². The Morgan fingerprint density at radius 2 is 1.76 bits per heavy atom. The molecular formula is C12H16F3NO. The van der Waals surface area contributed by atoms with Gasteiger partial charge in [-0.2, -0.15) is 13.2 Å². The lowest BCUT2D eigenvalue weighted by Gasteiger charge is -2.08. The van der Waals surface area contributed by atoms with Crippen molar-refractivity contribution in [3.05, 3.63) is 30.3 Å². The number of rotatable bonds is 7. The molecule has 0 atom stereocenters. The molecule has 0 radical (unpaired) electrons. The fourth-order valence-corrected chi connectivity index (χ4v) is 1.30. The number of benzene rings is 1. The molecule has 17 heavy (non-hydrogen) atoms. The van der Waals surface area contributed by atoms with Crippen LogP contribution in [0.4, 0.5) is 13.2 Å². The first-order chi connectivity index (χ1) is 8.08. The highest BCUT2D eigenvalue weighted by Gasteiger charge is 2.25. The smallest absolute Gasteiger partial charge is 0.389 e. The largest absolute Gasteiger partial charge is 0.492 e. The summed E-state index contributed by atoms with van der Waals surface area (Å²) in [5, 5.41) is 2.90. The van der Waals surface area contributed by atoms with E-state index >= 15 is 0 Å². The van der Waals surface area contributed by atoms with Crippen LogP contribution in [0.1, 0.15) is 12.8 Å². The molecule has 1 N–H and O–H groups in total. The van der Waals surface area contributed by atoms with Crippen molar-refractivity contribution in [2.45, 2.75) is 19.0 Å². The fourth-order valence-electron chi connectivity index (χ4n) is 1.30. The summed E-state index contributed by atoms with van der Waals surface area (Å²) in [6.45, 7) is 1.36. The molecule has 0 aliphatic rings. The molecule has 0 bridgehead atoms. The summed E-state index contributed by atoms with van der Waals surface area (Å²) in [5.41, 5.74) is 0. The van der Waals surface area contributed by atoms with E-state index in [1.165, 1.54) is 0 Å². The molecule has 0 aromatic heterocycles. The van der Waals surface area contributed by atoms with Crippen LogP contribution in [0.2, 0.25) is 0 Å². The quantitative estimate of drug-likeness (QED) is 0.748. The van der Waals surface area contributed by atoms with Gasteiger partial charge in [-0.05, 0) is 25.1 Å². The van der Waals surface area contributed by atoms with Crippen molar-refractivity contribution >= 4 is 0 Å². The van der Waals surface area contributed by atoms with Crippen LogP contribution in [-0.2, 0) is 0 Å². The predicted molar refractivity (Wildman–Crippen MR) is 60.1 cm³/mol. The van der Waals surface area contributed by atoms with E-state index in [1.807, 2.05) is 30.3 Å². The second kappa shape index (κ2) is 7.17. The summed E-state index contributed by atoms with van der Waals surface area (Å²) in [6.07, 6.45) is -4.68. The van der Waals surface area contributed by atoms with Gasteiger partial charge in [-0.15, -0.1) is 0 Å². The third-order valence-corrected chi connectivity index (χ3v) is 2.10. The number of hydrogen-bond acceptors (Lipinski definition) is 2. The maximum Gasteiger partial charge on any atom is 0.389 e. The molecule has 0 unspecified atom stereocenters. The van der Waals surface area contributed by atoms with Gasteiger partial charge in [0.05, 0.1) is 0 Å². The van der Waals surface area contributed by atoms with E-state index in [9.17, 15) is 13.2 Å². The maximum absolute atomic E-state index is 11.8. The molecule has 0 saturated heterocycles. The first-order valence-electron chi connectivity index (χ1n) is 5.53. The number of halogens is 3. The minimum atomic E-state index is -4.05. The molecule has 0 fully saturated rings. The van der Waals surface area contributed by atoms with Crippen molar-refractivity contribution in [1.82, 2.24) is 5.32 Å².